The summed E-state index contributed by atoms with van der Waals surface area (Å²) in [6, 6.07) is 10.1. The fraction of sp³-hybridized carbons (Fsp3) is 0.0588. The number of anilines is 1. The van der Waals surface area contributed by atoms with Gasteiger partial charge in [-0.2, -0.15) is 4.37 Å². The highest BCUT2D eigenvalue weighted by atomic mass is 32.2. The van der Waals surface area contributed by atoms with Gasteiger partial charge in [-0.25, -0.2) is 8.42 Å². The Morgan fingerprint density at radius 2 is 2.00 bits per heavy atom. The lowest BCUT2D eigenvalue weighted by Crippen LogP contribution is -2.35. The molecule has 1 aliphatic heterocycles. The molecule has 0 saturated carbocycles. The van der Waals surface area contributed by atoms with Crippen molar-refractivity contribution in [2.45, 2.75) is 11.8 Å². The number of rotatable bonds is 2. The van der Waals surface area contributed by atoms with E-state index >= 15 is 0 Å². The van der Waals surface area contributed by atoms with Gasteiger partial charge in [-0.1, -0.05) is 30.3 Å². The number of carbonyl (C=O) groups excluding carboxylic acids is 1. The number of nitrogens with one attached hydrogen (secondary N) is 2. The molecule has 0 bridgehead atoms. The molecule has 0 saturated heterocycles. The Kier molecular flexibility index (Phi) is 3.70. The van der Waals surface area contributed by atoms with Gasteiger partial charge in [0.15, 0.2) is 11.5 Å². The van der Waals surface area contributed by atoms with Crippen LogP contribution < -0.4 is 10.0 Å². The molecule has 0 atom stereocenters. The number of aromatic nitrogens is 1. The van der Waals surface area contributed by atoms with Crippen molar-refractivity contribution in [3.63, 3.8) is 0 Å². The third-order valence-electron chi connectivity index (χ3n) is 4.10. The summed E-state index contributed by atoms with van der Waals surface area (Å²) in [5.74, 6) is -1.17. The minimum Gasteiger partial charge on any atom is -0.505 e. The van der Waals surface area contributed by atoms with E-state index in [1.165, 1.54) is 6.07 Å². The standard InChI is InChI=1S/C17H13N3O4S2/c1-9-13(8-25-19-9)18-17(22)14-15(21)12-7-6-10-4-2-3-5-11(10)16(12)26(23,24)20-14/h2-8,20-21H,1H3,(H,18,22). The van der Waals surface area contributed by atoms with Gasteiger partial charge in [-0.05, 0) is 29.9 Å². The molecular formula is C17H13N3O4S2. The first-order valence-electron chi connectivity index (χ1n) is 7.59. The van der Waals surface area contributed by atoms with Crippen LogP contribution in [0.5, 0.6) is 0 Å². The predicted octanol–water partition coefficient (Wildman–Crippen LogP) is 2.76. The van der Waals surface area contributed by atoms with E-state index in [9.17, 15) is 18.3 Å². The number of amides is 1. The summed E-state index contributed by atoms with van der Waals surface area (Å²) >= 11 is 1.16. The van der Waals surface area contributed by atoms with Crippen LogP contribution in [0.4, 0.5) is 5.69 Å². The molecule has 0 spiro atoms. The lowest BCUT2D eigenvalue weighted by Gasteiger charge is -2.22. The fourth-order valence-electron chi connectivity index (χ4n) is 2.84. The Morgan fingerprint density at radius 3 is 2.73 bits per heavy atom. The topological polar surface area (TPSA) is 108 Å². The highest BCUT2D eigenvalue weighted by Crippen LogP contribution is 2.35. The molecule has 1 aromatic heterocycles. The molecule has 0 fully saturated rings. The van der Waals surface area contributed by atoms with Gasteiger partial charge in [0.05, 0.1) is 11.4 Å². The van der Waals surface area contributed by atoms with Crippen LogP contribution in [0.2, 0.25) is 0 Å². The van der Waals surface area contributed by atoms with Crippen molar-refractivity contribution in [2.24, 2.45) is 0 Å². The zero-order valence-electron chi connectivity index (χ0n) is 13.5. The number of aliphatic hydroxyl groups excluding tert-OH is 1. The third-order valence-corrected chi connectivity index (χ3v) is 6.27. The van der Waals surface area contributed by atoms with E-state index in [1.807, 2.05) is 0 Å². The van der Waals surface area contributed by atoms with Crippen LogP contribution in [-0.2, 0) is 14.8 Å². The number of aryl methyl sites for hydroxylation is 1. The number of nitrogens with zero attached hydrogens (tertiary/aromatic N) is 1. The predicted molar refractivity (Wildman–Crippen MR) is 99.3 cm³/mol. The molecule has 3 N–H and O–H groups in total. The molecule has 0 unspecified atom stereocenters. The van der Waals surface area contributed by atoms with E-state index in [4.69, 9.17) is 0 Å². The Labute approximate surface area is 153 Å². The molecular weight excluding hydrogens is 374 g/mol. The average molecular weight is 387 g/mol. The first-order chi connectivity index (χ1) is 12.4. The first kappa shape index (κ1) is 16.6. The monoisotopic (exact) mass is 387 g/mol. The molecule has 4 rings (SSSR count). The van der Waals surface area contributed by atoms with Crippen LogP contribution in [0.1, 0.15) is 11.3 Å². The summed E-state index contributed by atoms with van der Waals surface area (Å²) in [5.41, 5.74) is 0.739. The SMILES string of the molecule is Cc1nscc1NC(=O)C1=C(O)c2ccc3ccccc3c2S(=O)(=O)N1. The average Bonchev–Trinajstić information content (AvgIpc) is 3.02. The number of fused-ring (bicyclic) bond motifs is 3. The molecule has 132 valence electrons. The lowest BCUT2D eigenvalue weighted by atomic mass is 10.0. The van der Waals surface area contributed by atoms with Gasteiger partial charge >= 0.3 is 0 Å². The highest BCUT2D eigenvalue weighted by Gasteiger charge is 2.34. The highest BCUT2D eigenvalue weighted by molar-refractivity contribution is 7.90. The van der Waals surface area contributed by atoms with Crippen LogP contribution in [0.3, 0.4) is 0 Å². The molecule has 2 heterocycles. The normalized spacial score (nSPS) is 15.4. The summed E-state index contributed by atoms with van der Waals surface area (Å²) < 4.78 is 31.8. The Balaban J connectivity index is 1.87. The smallest absolute Gasteiger partial charge is 0.276 e. The Hall–Kier alpha value is -2.91. The van der Waals surface area contributed by atoms with Gasteiger partial charge < -0.3 is 10.4 Å². The number of sulfonamides is 1. The lowest BCUT2D eigenvalue weighted by molar-refractivity contribution is -0.113. The molecule has 1 aliphatic rings. The molecule has 0 radical (unpaired) electrons. The van der Waals surface area contributed by atoms with Crippen molar-refractivity contribution in [3.05, 3.63) is 58.7 Å². The second-order valence-electron chi connectivity index (χ2n) is 5.76. The van der Waals surface area contributed by atoms with E-state index < -0.39 is 27.4 Å². The maximum absolute atomic E-state index is 12.8. The molecule has 26 heavy (non-hydrogen) atoms. The summed E-state index contributed by atoms with van der Waals surface area (Å²) in [5, 5.41) is 15.9. The van der Waals surface area contributed by atoms with Gasteiger partial charge in [0.25, 0.3) is 15.9 Å². The molecule has 9 heteroatoms. The Bertz CT molecular complexity index is 1200. The maximum Gasteiger partial charge on any atom is 0.276 e. The van der Waals surface area contributed by atoms with Crippen LogP contribution in [0.25, 0.3) is 16.5 Å². The number of benzene rings is 2. The van der Waals surface area contributed by atoms with Crippen molar-refractivity contribution in [2.75, 3.05) is 5.32 Å². The fourth-order valence-corrected chi connectivity index (χ4v) is 4.97. The van der Waals surface area contributed by atoms with Crippen molar-refractivity contribution in [1.29, 1.82) is 0 Å². The number of hydrogen-bond donors (Lipinski definition) is 3. The summed E-state index contributed by atoms with van der Waals surface area (Å²) in [7, 11) is -4.03. The van der Waals surface area contributed by atoms with E-state index in [1.54, 1.807) is 42.6 Å². The summed E-state index contributed by atoms with van der Waals surface area (Å²) in [4.78, 5) is 12.5. The van der Waals surface area contributed by atoms with Gasteiger partial charge in [0, 0.05) is 16.3 Å². The van der Waals surface area contributed by atoms with E-state index in [0.717, 1.165) is 16.9 Å². The van der Waals surface area contributed by atoms with Crippen LogP contribution in [0.15, 0.2) is 52.4 Å². The van der Waals surface area contributed by atoms with Crippen LogP contribution in [-0.4, -0.2) is 23.8 Å². The largest absolute Gasteiger partial charge is 0.505 e. The second kappa shape index (κ2) is 5.82. The second-order valence-corrected chi connectivity index (χ2v) is 8.01. The third kappa shape index (κ3) is 2.52. The quantitative estimate of drug-likeness (QED) is 0.627. The van der Waals surface area contributed by atoms with Crippen LogP contribution in [0, 0.1) is 6.92 Å². The molecule has 1 amide bonds. The summed E-state index contributed by atoms with van der Waals surface area (Å²) in [6.45, 7) is 1.72. The van der Waals surface area contributed by atoms with E-state index in [2.05, 4.69) is 14.4 Å². The van der Waals surface area contributed by atoms with Crippen molar-refractivity contribution < 1.29 is 18.3 Å². The minimum absolute atomic E-state index is 0.0435. The Morgan fingerprint density at radius 1 is 1.23 bits per heavy atom. The maximum atomic E-state index is 12.8. The van der Waals surface area contributed by atoms with Crippen molar-refractivity contribution in [3.8, 4) is 0 Å². The number of hydrogen-bond acceptors (Lipinski definition) is 6. The van der Waals surface area contributed by atoms with Crippen molar-refractivity contribution in [1.82, 2.24) is 9.10 Å². The zero-order chi connectivity index (χ0) is 18.5. The number of carbonyl (C=O) groups is 1. The molecule has 3 aromatic rings. The van der Waals surface area contributed by atoms with Crippen LogP contribution >= 0.6 is 11.5 Å². The number of aliphatic hydroxyl groups is 1. The molecule has 2 aromatic carbocycles. The van der Waals surface area contributed by atoms with E-state index in [-0.39, 0.29) is 10.5 Å². The van der Waals surface area contributed by atoms with Gasteiger partial charge in [0.1, 0.15) is 4.90 Å². The van der Waals surface area contributed by atoms with Gasteiger partial charge in [-0.3, -0.25) is 9.52 Å². The van der Waals surface area contributed by atoms with E-state index in [0.29, 0.717) is 16.8 Å². The van der Waals surface area contributed by atoms with Gasteiger partial charge in [0.2, 0.25) is 0 Å². The zero-order valence-corrected chi connectivity index (χ0v) is 15.1. The van der Waals surface area contributed by atoms with Crippen molar-refractivity contribution >= 4 is 49.7 Å². The first-order valence-corrected chi connectivity index (χ1v) is 9.91. The summed E-state index contributed by atoms with van der Waals surface area (Å²) in [6.07, 6.45) is 0. The minimum atomic E-state index is -4.03. The molecule has 0 aliphatic carbocycles. The van der Waals surface area contributed by atoms with Gasteiger partial charge in [-0.15, -0.1) is 0 Å². The molecule has 7 nitrogen and oxygen atoms in total.